The van der Waals surface area contributed by atoms with Crippen LogP contribution in [0.5, 0.6) is 5.75 Å². The summed E-state index contributed by atoms with van der Waals surface area (Å²) in [5.41, 5.74) is 1.50. The fourth-order valence-electron chi connectivity index (χ4n) is 3.69. The van der Waals surface area contributed by atoms with Crippen molar-refractivity contribution < 1.29 is 13.9 Å². The van der Waals surface area contributed by atoms with Crippen LogP contribution in [0.25, 0.3) is 10.9 Å². The standard InChI is InChI=1S/C21H22FN5O3S/c1-23-19(28)15-5-6-17(18(22)24-15)30-13-7-8-27(11-13)10-12-3-4-14-16(9-12)25-21(29)26(2)20(14)31/h3-6,9,13H,7-8,10-11H2,1-2H3,(H,23,28)(H,25,29). The first-order valence-electron chi connectivity index (χ1n) is 9.85. The molecule has 1 aliphatic heterocycles. The summed E-state index contributed by atoms with van der Waals surface area (Å²) in [5.74, 6) is -1.22. The second-order valence-electron chi connectivity index (χ2n) is 7.50. The molecular weight excluding hydrogens is 421 g/mol. The zero-order valence-electron chi connectivity index (χ0n) is 17.1. The molecule has 3 aromatic rings. The van der Waals surface area contributed by atoms with Gasteiger partial charge in [0.25, 0.3) is 11.9 Å². The minimum atomic E-state index is -0.800. The highest BCUT2D eigenvalue weighted by Crippen LogP contribution is 2.23. The first kappa shape index (κ1) is 21.1. The van der Waals surface area contributed by atoms with E-state index in [2.05, 4.69) is 20.2 Å². The number of carbonyl (C=O) groups excluding carboxylic acids is 1. The van der Waals surface area contributed by atoms with Gasteiger partial charge in [0.2, 0.25) is 0 Å². The van der Waals surface area contributed by atoms with E-state index in [1.165, 1.54) is 23.7 Å². The number of fused-ring (bicyclic) bond motifs is 1. The first-order valence-corrected chi connectivity index (χ1v) is 10.3. The van der Waals surface area contributed by atoms with E-state index in [9.17, 15) is 14.0 Å². The monoisotopic (exact) mass is 443 g/mol. The molecule has 1 aromatic carbocycles. The molecule has 0 saturated carbocycles. The van der Waals surface area contributed by atoms with Gasteiger partial charge in [-0.25, -0.2) is 9.78 Å². The lowest BCUT2D eigenvalue weighted by molar-refractivity contribution is 0.0956. The average Bonchev–Trinajstić information content (AvgIpc) is 3.19. The Bertz CT molecular complexity index is 1270. The van der Waals surface area contributed by atoms with Crippen LogP contribution in [0, 0.1) is 10.6 Å². The number of hydrogen-bond donors (Lipinski definition) is 2. The molecule has 1 fully saturated rings. The van der Waals surface area contributed by atoms with Gasteiger partial charge in [-0.1, -0.05) is 18.3 Å². The van der Waals surface area contributed by atoms with Crippen LogP contribution in [-0.4, -0.2) is 51.6 Å². The van der Waals surface area contributed by atoms with E-state index in [0.717, 1.165) is 23.9 Å². The van der Waals surface area contributed by atoms with Gasteiger partial charge in [0.15, 0.2) is 5.75 Å². The molecule has 4 rings (SSSR count). The molecule has 1 amide bonds. The van der Waals surface area contributed by atoms with Crippen LogP contribution < -0.4 is 15.7 Å². The number of H-pyrrole nitrogens is 1. The Morgan fingerprint density at radius 1 is 1.39 bits per heavy atom. The van der Waals surface area contributed by atoms with Crippen LogP contribution in [0.3, 0.4) is 0 Å². The predicted molar refractivity (Wildman–Crippen MR) is 116 cm³/mol. The predicted octanol–water partition coefficient (Wildman–Crippen LogP) is 2.14. The number of likely N-dealkylation sites (tertiary alicyclic amines) is 1. The van der Waals surface area contributed by atoms with Crippen LogP contribution >= 0.6 is 12.2 Å². The molecule has 1 unspecified atom stereocenters. The summed E-state index contributed by atoms with van der Waals surface area (Å²) in [5, 5.41) is 3.23. The van der Waals surface area contributed by atoms with E-state index in [1.54, 1.807) is 7.05 Å². The number of amides is 1. The van der Waals surface area contributed by atoms with Crippen molar-refractivity contribution in [3.05, 3.63) is 62.7 Å². The fourth-order valence-corrected chi connectivity index (χ4v) is 3.95. The average molecular weight is 444 g/mol. The summed E-state index contributed by atoms with van der Waals surface area (Å²) in [7, 11) is 3.10. The van der Waals surface area contributed by atoms with Gasteiger partial charge >= 0.3 is 5.69 Å². The number of carbonyl (C=O) groups is 1. The van der Waals surface area contributed by atoms with E-state index in [0.29, 0.717) is 23.2 Å². The number of rotatable bonds is 5. The van der Waals surface area contributed by atoms with Crippen molar-refractivity contribution in [3.8, 4) is 5.75 Å². The summed E-state index contributed by atoms with van der Waals surface area (Å²) in [6, 6.07) is 8.71. The Morgan fingerprint density at radius 3 is 2.94 bits per heavy atom. The zero-order valence-corrected chi connectivity index (χ0v) is 18.0. The quantitative estimate of drug-likeness (QED) is 0.464. The first-order chi connectivity index (χ1) is 14.9. The Kier molecular flexibility index (Phi) is 5.84. The molecular formula is C21H22FN5O3S. The number of nitrogens with zero attached hydrogens (tertiary/aromatic N) is 3. The maximum Gasteiger partial charge on any atom is 0.326 e. The maximum atomic E-state index is 14.2. The number of pyridine rings is 1. The highest BCUT2D eigenvalue weighted by Gasteiger charge is 2.25. The summed E-state index contributed by atoms with van der Waals surface area (Å²) < 4.78 is 21.9. The number of benzene rings is 1. The molecule has 2 N–H and O–H groups in total. The van der Waals surface area contributed by atoms with E-state index in [-0.39, 0.29) is 23.2 Å². The summed E-state index contributed by atoms with van der Waals surface area (Å²) in [4.78, 5) is 32.3. The van der Waals surface area contributed by atoms with E-state index < -0.39 is 11.9 Å². The molecule has 1 atom stereocenters. The van der Waals surface area contributed by atoms with Crippen molar-refractivity contribution in [2.75, 3.05) is 20.1 Å². The van der Waals surface area contributed by atoms with Gasteiger partial charge in [-0.3, -0.25) is 14.3 Å². The molecule has 0 spiro atoms. The SMILES string of the molecule is CNC(=O)c1ccc(OC2CCN(Cc3ccc4c(=S)n(C)c(=O)[nH]c4c3)C2)c(F)n1. The van der Waals surface area contributed by atoms with Gasteiger partial charge in [0.1, 0.15) is 16.4 Å². The second-order valence-corrected chi connectivity index (χ2v) is 7.89. The van der Waals surface area contributed by atoms with Gasteiger partial charge in [-0.15, -0.1) is 0 Å². The van der Waals surface area contributed by atoms with Crippen molar-refractivity contribution >= 4 is 29.0 Å². The molecule has 0 bridgehead atoms. The molecule has 1 saturated heterocycles. The number of aromatic nitrogens is 3. The van der Waals surface area contributed by atoms with Crippen molar-refractivity contribution in [1.82, 2.24) is 24.8 Å². The summed E-state index contributed by atoms with van der Waals surface area (Å²) in [6.07, 6.45) is 0.563. The Labute approximate surface area is 182 Å². The summed E-state index contributed by atoms with van der Waals surface area (Å²) in [6.45, 7) is 2.09. The van der Waals surface area contributed by atoms with Crippen LogP contribution in [0.4, 0.5) is 4.39 Å². The number of aromatic amines is 1. The fraction of sp³-hybridized carbons (Fsp3) is 0.333. The van der Waals surface area contributed by atoms with Crippen LogP contribution in [0.15, 0.2) is 35.1 Å². The lowest BCUT2D eigenvalue weighted by atomic mass is 10.1. The van der Waals surface area contributed by atoms with Crippen LogP contribution in [0.2, 0.25) is 0 Å². The Balaban J connectivity index is 1.43. The molecule has 1 aliphatic rings. The minimum Gasteiger partial charge on any atom is -0.484 e. The van der Waals surface area contributed by atoms with E-state index in [1.807, 2.05) is 18.2 Å². The van der Waals surface area contributed by atoms with E-state index >= 15 is 0 Å². The van der Waals surface area contributed by atoms with Crippen molar-refractivity contribution in [2.45, 2.75) is 19.1 Å². The van der Waals surface area contributed by atoms with Crippen molar-refractivity contribution in [3.63, 3.8) is 0 Å². The van der Waals surface area contributed by atoms with Gasteiger partial charge in [-0.05, 0) is 36.2 Å². The maximum absolute atomic E-state index is 14.2. The third-order valence-electron chi connectivity index (χ3n) is 5.37. The number of hydrogen-bond acceptors (Lipinski definition) is 6. The Morgan fingerprint density at radius 2 is 2.19 bits per heavy atom. The smallest absolute Gasteiger partial charge is 0.326 e. The van der Waals surface area contributed by atoms with Gasteiger partial charge in [0.05, 0.1) is 5.52 Å². The van der Waals surface area contributed by atoms with Crippen LogP contribution in [-0.2, 0) is 13.6 Å². The number of halogens is 1. The lowest BCUT2D eigenvalue weighted by Crippen LogP contribution is -2.25. The second kappa shape index (κ2) is 8.56. The highest BCUT2D eigenvalue weighted by atomic mass is 32.1. The molecule has 31 heavy (non-hydrogen) atoms. The normalized spacial score (nSPS) is 16.5. The molecule has 0 aliphatic carbocycles. The van der Waals surface area contributed by atoms with Gasteiger partial charge in [0, 0.05) is 39.1 Å². The van der Waals surface area contributed by atoms with Crippen LogP contribution in [0.1, 0.15) is 22.5 Å². The van der Waals surface area contributed by atoms with Gasteiger partial charge in [-0.2, -0.15) is 4.39 Å². The lowest BCUT2D eigenvalue weighted by Gasteiger charge is -2.17. The van der Waals surface area contributed by atoms with E-state index in [4.69, 9.17) is 17.0 Å². The molecule has 8 nitrogen and oxygen atoms in total. The molecule has 3 heterocycles. The summed E-state index contributed by atoms with van der Waals surface area (Å²) >= 11 is 5.34. The van der Waals surface area contributed by atoms with Gasteiger partial charge < -0.3 is 15.0 Å². The van der Waals surface area contributed by atoms with Crippen molar-refractivity contribution in [1.29, 1.82) is 0 Å². The number of nitrogens with one attached hydrogen (secondary N) is 2. The topological polar surface area (TPSA) is 92.2 Å². The van der Waals surface area contributed by atoms with Crippen molar-refractivity contribution in [2.24, 2.45) is 7.05 Å². The third-order valence-corrected chi connectivity index (χ3v) is 5.86. The highest BCUT2D eigenvalue weighted by molar-refractivity contribution is 7.71. The molecule has 2 aromatic heterocycles. The Hall–Kier alpha value is -3.11. The third kappa shape index (κ3) is 4.35. The number of ether oxygens (including phenoxy) is 1. The molecule has 10 heteroatoms. The largest absolute Gasteiger partial charge is 0.484 e. The zero-order chi connectivity index (χ0) is 22.1. The molecule has 0 radical (unpaired) electrons. The molecule has 162 valence electrons. The minimum absolute atomic E-state index is 0.00516.